The van der Waals surface area contributed by atoms with Gasteiger partial charge in [-0.25, -0.2) is 9.97 Å². The van der Waals surface area contributed by atoms with Crippen molar-refractivity contribution in [1.29, 1.82) is 0 Å². The first-order chi connectivity index (χ1) is 10.8. The highest BCUT2D eigenvalue weighted by molar-refractivity contribution is 7.17. The van der Waals surface area contributed by atoms with E-state index < -0.39 is 0 Å². The Bertz CT molecular complexity index is 939. The molecule has 2 heterocycles. The second-order valence-corrected chi connectivity index (χ2v) is 5.82. The van der Waals surface area contributed by atoms with Crippen molar-refractivity contribution in [3.05, 3.63) is 60.4 Å². The maximum atomic E-state index is 4.55. The Labute approximate surface area is 131 Å². The van der Waals surface area contributed by atoms with Gasteiger partial charge in [-0.1, -0.05) is 49.6 Å². The number of nitrogens with zero attached hydrogens (tertiary/aromatic N) is 2. The summed E-state index contributed by atoms with van der Waals surface area (Å²) in [6.45, 7) is 7.73. The van der Waals surface area contributed by atoms with Crippen molar-refractivity contribution in [3.63, 3.8) is 0 Å². The Kier molecular flexibility index (Phi) is 2.91. The average molecular weight is 303 g/mol. The van der Waals surface area contributed by atoms with E-state index in [1.807, 2.05) is 23.7 Å². The molecule has 2 aromatic heterocycles. The molecule has 0 saturated heterocycles. The van der Waals surface area contributed by atoms with Crippen LogP contribution in [0.4, 0.5) is 0 Å². The fourth-order valence-electron chi connectivity index (χ4n) is 2.79. The summed E-state index contributed by atoms with van der Waals surface area (Å²) in [6.07, 6.45) is 5.42. The zero-order valence-electron chi connectivity index (χ0n) is 11.8. The minimum atomic E-state index is 0.934. The molecule has 22 heavy (non-hydrogen) atoms. The Morgan fingerprint density at radius 2 is 1.68 bits per heavy atom. The van der Waals surface area contributed by atoms with Crippen molar-refractivity contribution in [3.8, 4) is 11.1 Å². The monoisotopic (exact) mass is 303 g/mol. The van der Waals surface area contributed by atoms with E-state index in [-0.39, 0.29) is 0 Å². The number of H-pyrrole nitrogens is 1. The van der Waals surface area contributed by atoms with Gasteiger partial charge in [-0.2, -0.15) is 0 Å². The molecule has 1 N–H and O–H groups in total. The van der Waals surface area contributed by atoms with E-state index in [0.29, 0.717) is 0 Å². The highest BCUT2D eigenvalue weighted by Crippen LogP contribution is 2.36. The third-order valence-corrected chi connectivity index (χ3v) is 4.73. The Morgan fingerprint density at radius 3 is 2.50 bits per heavy atom. The van der Waals surface area contributed by atoms with Crippen LogP contribution in [-0.4, -0.2) is 15.0 Å². The molecular formula is C18H13N3S. The summed E-state index contributed by atoms with van der Waals surface area (Å²) in [6, 6.07) is 8.33. The molecule has 0 saturated carbocycles. The van der Waals surface area contributed by atoms with Gasteiger partial charge in [0.2, 0.25) is 0 Å². The second-order valence-electron chi connectivity index (χ2n) is 4.97. The van der Waals surface area contributed by atoms with Crippen LogP contribution in [0.3, 0.4) is 0 Å². The first-order valence-electron chi connectivity index (χ1n) is 6.91. The summed E-state index contributed by atoms with van der Waals surface area (Å²) < 4.78 is 1.16. The highest BCUT2D eigenvalue weighted by Gasteiger charge is 2.14. The maximum Gasteiger partial charge on any atom is 0.0961 e. The summed E-state index contributed by atoms with van der Waals surface area (Å²) in [7, 11) is 0. The van der Waals surface area contributed by atoms with Gasteiger partial charge in [0.15, 0.2) is 0 Å². The van der Waals surface area contributed by atoms with Gasteiger partial charge in [0, 0.05) is 16.7 Å². The number of hydrogen-bond acceptors (Lipinski definition) is 3. The SMILES string of the molecule is C=Cc1ccc(-c2ccc(C=C)c3scnc23)c2[nH]cnc12. The molecule has 0 bridgehead atoms. The molecule has 0 atom stereocenters. The van der Waals surface area contributed by atoms with Crippen LogP contribution >= 0.6 is 11.3 Å². The number of benzene rings is 2. The molecule has 0 unspecified atom stereocenters. The second kappa shape index (κ2) is 4.93. The van der Waals surface area contributed by atoms with Gasteiger partial charge < -0.3 is 4.98 Å². The van der Waals surface area contributed by atoms with Crippen LogP contribution in [0, 0.1) is 0 Å². The first kappa shape index (κ1) is 13.0. The topological polar surface area (TPSA) is 41.6 Å². The molecule has 0 spiro atoms. The van der Waals surface area contributed by atoms with E-state index in [4.69, 9.17) is 0 Å². The number of aromatic nitrogens is 3. The van der Waals surface area contributed by atoms with E-state index in [0.717, 1.165) is 43.5 Å². The van der Waals surface area contributed by atoms with Crippen molar-refractivity contribution in [2.24, 2.45) is 0 Å². The van der Waals surface area contributed by atoms with Crippen LogP contribution in [0.25, 0.3) is 44.5 Å². The zero-order chi connectivity index (χ0) is 15.1. The number of aromatic amines is 1. The number of nitrogens with one attached hydrogen (secondary N) is 1. The molecule has 0 aliphatic rings. The normalized spacial score (nSPS) is 11.1. The minimum Gasteiger partial charge on any atom is -0.344 e. The summed E-state index contributed by atoms with van der Waals surface area (Å²) in [4.78, 5) is 12.2. The molecule has 0 radical (unpaired) electrons. The fourth-order valence-corrected chi connectivity index (χ4v) is 3.62. The molecule has 0 amide bonds. The lowest BCUT2D eigenvalue weighted by atomic mass is 9.99. The smallest absolute Gasteiger partial charge is 0.0961 e. The zero-order valence-corrected chi connectivity index (χ0v) is 12.7. The predicted molar refractivity (Wildman–Crippen MR) is 94.9 cm³/mol. The lowest BCUT2D eigenvalue weighted by molar-refractivity contribution is 1.34. The standard InChI is InChI=1S/C18H13N3S/c1-3-11-5-7-13(16-15(11)19-9-20-16)14-8-6-12(4-2)18-17(14)21-10-22-18/h3-10H,1-2H2,(H,19,20). The van der Waals surface area contributed by atoms with Crippen molar-refractivity contribution in [2.75, 3.05) is 0 Å². The van der Waals surface area contributed by atoms with Crippen LogP contribution < -0.4 is 0 Å². The van der Waals surface area contributed by atoms with Crippen LogP contribution in [0.15, 0.2) is 49.3 Å². The molecule has 2 aromatic carbocycles. The van der Waals surface area contributed by atoms with Crippen molar-refractivity contribution < 1.29 is 0 Å². The molecule has 3 nitrogen and oxygen atoms in total. The molecule has 4 aromatic rings. The van der Waals surface area contributed by atoms with Gasteiger partial charge in [-0.3, -0.25) is 0 Å². The number of imidazole rings is 1. The Morgan fingerprint density at radius 1 is 0.909 bits per heavy atom. The van der Waals surface area contributed by atoms with Gasteiger partial charge in [0.25, 0.3) is 0 Å². The molecule has 0 fully saturated rings. The van der Waals surface area contributed by atoms with Crippen molar-refractivity contribution in [1.82, 2.24) is 15.0 Å². The van der Waals surface area contributed by atoms with Crippen molar-refractivity contribution in [2.45, 2.75) is 0 Å². The Hall–Kier alpha value is -2.72. The minimum absolute atomic E-state index is 0.934. The summed E-state index contributed by atoms with van der Waals surface area (Å²) in [5, 5.41) is 0. The maximum absolute atomic E-state index is 4.55. The van der Waals surface area contributed by atoms with Crippen LogP contribution in [0.5, 0.6) is 0 Å². The number of hydrogen-bond donors (Lipinski definition) is 1. The fraction of sp³-hybridized carbons (Fsp3) is 0. The first-order valence-corrected chi connectivity index (χ1v) is 7.79. The third-order valence-electron chi connectivity index (χ3n) is 3.86. The van der Waals surface area contributed by atoms with E-state index in [1.165, 1.54) is 0 Å². The summed E-state index contributed by atoms with van der Waals surface area (Å²) in [5.41, 5.74) is 9.17. The third kappa shape index (κ3) is 1.74. The van der Waals surface area contributed by atoms with E-state index in [1.54, 1.807) is 17.7 Å². The quantitative estimate of drug-likeness (QED) is 0.570. The summed E-state index contributed by atoms with van der Waals surface area (Å²) >= 11 is 1.64. The molecule has 106 valence electrons. The van der Waals surface area contributed by atoms with E-state index in [9.17, 15) is 0 Å². The van der Waals surface area contributed by atoms with Gasteiger partial charge in [-0.05, 0) is 5.56 Å². The van der Waals surface area contributed by atoms with Crippen LogP contribution in [0.1, 0.15) is 11.1 Å². The van der Waals surface area contributed by atoms with Gasteiger partial charge in [0.05, 0.1) is 33.1 Å². The van der Waals surface area contributed by atoms with Crippen molar-refractivity contribution >= 4 is 44.7 Å². The largest absolute Gasteiger partial charge is 0.344 e. The molecular weight excluding hydrogens is 290 g/mol. The number of rotatable bonds is 3. The van der Waals surface area contributed by atoms with E-state index in [2.05, 4.69) is 46.3 Å². The predicted octanol–water partition coefficient (Wildman–Crippen LogP) is 5.13. The van der Waals surface area contributed by atoms with Crippen LogP contribution in [-0.2, 0) is 0 Å². The molecule has 0 aliphatic heterocycles. The molecule has 4 heteroatoms. The van der Waals surface area contributed by atoms with Gasteiger partial charge in [0.1, 0.15) is 0 Å². The van der Waals surface area contributed by atoms with E-state index >= 15 is 0 Å². The lowest BCUT2D eigenvalue weighted by Gasteiger charge is -2.07. The summed E-state index contributed by atoms with van der Waals surface area (Å²) in [5.74, 6) is 0. The Balaban J connectivity index is 2.08. The number of thiazole rings is 1. The lowest BCUT2D eigenvalue weighted by Crippen LogP contribution is -1.86. The van der Waals surface area contributed by atoms with Crippen LogP contribution in [0.2, 0.25) is 0 Å². The highest BCUT2D eigenvalue weighted by atomic mass is 32.1. The van der Waals surface area contributed by atoms with Gasteiger partial charge >= 0.3 is 0 Å². The molecule has 4 rings (SSSR count). The number of fused-ring (bicyclic) bond motifs is 2. The average Bonchev–Trinajstić information content (AvgIpc) is 3.22. The van der Waals surface area contributed by atoms with Gasteiger partial charge in [-0.15, -0.1) is 11.3 Å². The molecule has 0 aliphatic carbocycles.